The molecule has 194 valence electrons. The highest BCUT2D eigenvalue weighted by Crippen LogP contribution is 2.34. The van der Waals surface area contributed by atoms with Crippen LogP contribution in [-0.2, 0) is 37.6 Å². The number of rotatable bonds is 8. The number of nitrogens with zero attached hydrogens (tertiary/aromatic N) is 1. The van der Waals surface area contributed by atoms with E-state index in [0.29, 0.717) is 18.6 Å². The maximum absolute atomic E-state index is 14.7. The van der Waals surface area contributed by atoms with Gasteiger partial charge in [-0.25, -0.2) is 8.78 Å². The molecule has 2 N–H and O–H groups in total. The lowest BCUT2D eigenvalue weighted by Gasteiger charge is -2.37. The van der Waals surface area contributed by atoms with Gasteiger partial charge in [0.2, 0.25) is 5.91 Å². The van der Waals surface area contributed by atoms with Crippen LogP contribution in [0.1, 0.15) is 68.3 Å². The fourth-order valence-corrected chi connectivity index (χ4v) is 4.60. The number of anilines is 1. The quantitative estimate of drug-likeness (QED) is 0.544. The highest BCUT2D eigenvalue weighted by atomic mass is 19.1. The molecule has 2 amide bonds. The number of fused-ring (bicyclic) bond motifs is 1. The van der Waals surface area contributed by atoms with Crippen LogP contribution in [0.5, 0.6) is 0 Å². The number of carboxylic acid groups (broad SMARTS) is 1. The summed E-state index contributed by atoms with van der Waals surface area (Å²) in [5.41, 5.74) is 1.50. The highest BCUT2D eigenvalue weighted by molar-refractivity contribution is 5.98. The van der Waals surface area contributed by atoms with Crippen LogP contribution >= 0.6 is 0 Å². The number of carboxylic acids is 1. The Balaban J connectivity index is 1.93. The van der Waals surface area contributed by atoms with Gasteiger partial charge in [0.05, 0.1) is 6.61 Å². The van der Waals surface area contributed by atoms with E-state index in [9.17, 15) is 23.2 Å². The molecular formula is C27H32F2N2O5. The summed E-state index contributed by atoms with van der Waals surface area (Å²) in [5.74, 6) is -3.51. The topological polar surface area (TPSA) is 95.9 Å². The van der Waals surface area contributed by atoms with E-state index in [2.05, 4.69) is 5.32 Å². The van der Waals surface area contributed by atoms with E-state index >= 15 is 0 Å². The molecule has 0 bridgehead atoms. The molecule has 1 aliphatic heterocycles. The smallest absolute Gasteiger partial charge is 0.303 e. The maximum Gasteiger partial charge on any atom is 0.303 e. The number of hydrogen-bond acceptors (Lipinski definition) is 4. The number of carbonyl (C=O) groups is 3. The number of hydrogen-bond donors (Lipinski definition) is 2. The Morgan fingerprint density at radius 1 is 1.11 bits per heavy atom. The predicted molar refractivity (Wildman–Crippen MR) is 130 cm³/mol. The summed E-state index contributed by atoms with van der Waals surface area (Å²) in [6, 6.07) is 6.60. The van der Waals surface area contributed by atoms with Crippen molar-refractivity contribution in [2.24, 2.45) is 0 Å². The van der Waals surface area contributed by atoms with Crippen molar-refractivity contribution in [3.05, 3.63) is 64.2 Å². The van der Waals surface area contributed by atoms with Gasteiger partial charge < -0.3 is 20.1 Å². The Morgan fingerprint density at radius 2 is 1.78 bits per heavy atom. The van der Waals surface area contributed by atoms with Gasteiger partial charge in [-0.15, -0.1) is 0 Å². The Hall–Kier alpha value is -3.33. The van der Waals surface area contributed by atoms with Crippen molar-refractivity contribution in [3.63, 3.8) is 0 Å². The Kier molecular flexibility index (Phi) is 8.45. The second kappa shape index (κ2) is 11.2. The summed E-state index contributed by atoms with van der Waals surface area (Å²) < 4.78 is 34.7. The van der Waals surface area contributed by atoms with Crippen molar-refractivity contribution in [2.75, 3.05) is 19.0 Å². The number of carbonyl (C=O) groups excluding carboxylic acids is 2. The second-order valence-electron chi connectivity index (χ2n) is 10.0. The predicted octanol–water partition coefficient (Wildman–Crippen LogP) is 4.73. The average molecular weight is 503 g/mol. The number of ether oxygens (including phenoxy) is 1. The summed E-state index contributed by atoms with van der Waals surface area (Å²) in [6.45, 7) is 5.71. The van der Waals surface area contributed by atoms with Gasteiger partial charge in [0.25, 0.3) is 5.91 Å². The number of aliphatic carboxylic acids is 1. The number of halogens is 2. The van der Waals surface area contributed by atoms with E-state index in [-0.39, 0.29) is 43.0 Å². The van der Waals surface area contributed by atoms with Crippen LogP contribution in [0.3, 0.4) is 0 Å². The van der Waals surface area contributed by atoms with Crippen LogP contribution in [-0.4, -0.2) is 41.4 Å². The van der Waals surface area contributed by atoms with Crippen molar-refractivity contribution in [1.29, 1.82) is 0 Å². The van der Waals surface area contributed by atoms with Crippen molar-refractivity contribution in [3.8, 4) is 0 Å². The van der Waals surface area contributed by atoms with Crippen molar-refractivity contribution < 1.29 is 33.0 Å². The third-order valence-corrected chi connectivity index (χ3v) is 6.16. The van der Waals surface area contributed by atoms with Crippen LogP contribution < -0.4 is 5.32 Å². The summed E-state index contributed by atoms with van der Waals surface area (Å²) >= 11 is 0. The van der Waals surface area contributed by atoms with E-state index in [0.717, 1.165) is 23.3 Å². The van der Waals surface area contributed by atoms with Gasteiger partial charge in [-0.05, 0) is 47.1 Å². The van der Waals surface area contributed by atoms with Crippen LogP contribution in [0.15, 0.2) is 30.3 Å². The molecule has 1 aliphatic rings. The number of benzene rings is 2. The molecule has 1 atom stereocenters. The molecule has 36 heavy (non-hydrogen) atoms. The van der Waals surface area contributed by atoms with Gasteiger partial charge in [0, 0.05) is 37.7 Å². The first-order valence-corrected chi connectivity index (χ1v) is 11.8. The van der Waals surface area contributed by atoms with Gasteiger partial charge >= 0.3 is 5.97 Å². The lowest BCUT2D eigenvalue weighted by Crippen LogP contribution is -2.45. The van der Waals surface area contributed by atoms with E-state index in [4.69, 9.17) is 9.84 Å². The second-order valence-corrected chi connectivity index (χ2v) is 10.0. The number of methoxy groups -OCH3 is 1. The average Bonchev–Trinajstić information content (AvgIpc) is 2.76. The lowest BCUT2D eigenvalue weighted by molar-refractivity contribution is -0.140. The molecule has 2 aromatic carbocycles. The third-order valence-electron chi connectivity index (χ3n) is 6.16. The summed E-state index contributed by atoms with van der Waals surface area (Å²) in [7, 11) is 1.58. The first kappa shape index (κ1) is 27.3. The fourth-order valence-electron chi connectivity index (χ4n) is 4.60. The summed E-state index contributed by atoms with van der Waals surface area (Å²) in [6.07, 6.45) is 0.455. The number of amides is 2. The largest absolute Gasteiger partial charge is 0.481 e. The molecular weight excluding hydrogens is 470 g/mol. The SMILES string of the molecule is COCc1ccc2c(c1)CCN(C(=O)CCCC(=O)O)[C@H]2C(=O)Nc1cc(F)c(C(C)(C)C)c(F)c1. The standard InChI is InChI=1S/C27H32F2N2O5/c1-27(2,3)24-20(28)13-18(14-21(24)29)30-26(35)25-19-9-8-16(15-36-4)12-17(19)10-11-31(25)22(32)6-5-7-23(33)34/h8-9,12-14,25H,5-7,10-11,15H2,1-4H3,(H,30,35)(H,33,34)/t25-/m1/s1. The molecule has 0 aliphatic carbocycles. The molecule has 0 saturated carbocycles. The van der Waals surface area contributed by atoms with Crippen LogP contribution in [0.25, 0.3) is 0 Å². The van der Waals surface area contributed by atoms with Crippen molar-refractivity contribution in [2.45, 2.75) is 64.5 Å². The zero-order chi connectivity index (χ0) is 26.6. The minimum absolute atomic E-state index is 0.0310. The Labute approximate surface area is 209 Å². The van der Waals surface area contributed by atoms with Crippen molar-refractivity contribution in [1.82, 2.24) is 4.90 Å². The molecule has 0 aromatic heterocycles. The maximum atomic E-state index is 14.7. The Morgan fingerprint density at radius 3 is 2.36 bits per heavy atom. The van der Waals surface area contributed by atoms with Crippen LogP contribution in [0, 0.1) is 11.6 Å². The summed E-state index contributed by atoms with van der Waals surface area (Å²) in [4.78, 5) is 38.7. The normalized spacial score (nSPS) is 15.4. The van der Waals surface area contributed by atoms with E-state index in [1.807, 2.05) is 6.07 Å². The van der Waals surface area contributed by atoms with Crippen LogP contribution in [0.2, 0.25) is 0 Å². The first-order valence-electron chi connectivity index (χ1n) is 11.8. The zero-order valence-electron chi connectivity index (χ0n) is 21.0. The van der Waals surface area contributed by atoms with E-state index in [1.165, 1.54) is 4.90 Å². The van der Waals surface area contributed by atoms with Gasteiger partial charge in [0.15, 0.2) is 0 Å². The molecule has 0 spiro atoms. The van der Waals surface area contributed by atoms with Gasteiger partial charge in [-0.2, -0.15) is 0 Å². The Bertz CT molecular complexity index is 1140. The molecule has 1 heterocycles. The minimum atomic E-state index is -1.03. The molecule has 0 unspecified atom stereocenters. The molecule has 0 saturated heterocycles. The van der Waals surface area contributed by atoms with Crippen LogP contribution in [0.4, 0.5) is 14.5 Å². The monoisotopic (exact) mass is 502 g/mol. The number of nitrogens with one attached hydrogen (secondary N) is 1. The highest BCUT2D eigenvalue weighted by Gasteiger charge is 2.36. The van der Waals surface area contributed by atoms with E-state index < -0.39 is 35.0 Å². The molecule has 2 aromatic rings. The van der Waals surface area contributed by atoms with Crippen molar-refractivity contribution >= 4 is 23.5 Å². The lowest BCUT2D eigenvalue weighted by atomic mass is 9.86. The summed E-state index contributed by atoms with van der Waals surface area (Å²) in [5, 5.41) is 11.5. The molecule has 7 nitrogen and oxygen atoms in total. The molecule has 0 fully saturated rings. The van der Waals surface area contributed by atoms with E-state index in [1.54, 1.807) is 40.0 Å². The molecule has 9 heteroatoms. The zero-order valence-corrected chi connectivity index (χ0v) is 21.0. The first-order chi connectivity index (χ1) is 16.9. The molecule has 3 rings (SSSR count). The van der Waals surface area contributed by atoms with Gasteiger partial charge in [-0.1, -0.05) is 39.0 Å². The minimum Gasteiger partial charge on any atom is -0.481 e. The third kappa shape index (κ3) is 6.26. The van der Waals surface area contributed by atoms with Gasteiger partial charge in [-0.3, -0.25) is 14.4 Å². The van der Waals surface area contributed by atoms with Gasteiger partial charge in [0.1, 0.15) is 17.7 Å². The fraction of sp³-hybridized carbons (Fsp3) is 0.444. The molecule has 0 radical (unpaired) electrons.